The Balaban J connectivity index is 2.73. The molecule has 0 saturated carbocycles. The summed E-state index contributed by atoms with van der Waals surface area (Å²) in [6, 6.07) is 6.08. The average Bonchev–Trinajstić information content (AvgIpc) is 2.38. The molecule has 7 heteroatoms. The van der Waals surface area contributed by atoms with Gasteiger partial charge in [0.05, 0.1) is 18.1 Å². The van der Waals surface area contributed by atoms with Crippen molar-refractivity contribution in [3.8, 4) is 0 Å². The molecule has 0 heterocycles. The van der Waals surface area contributed by atoms with Crippen molar-refractivity contribution in [2.24, 2.45) is 0 Å². The molecule has 0 aromatic heterocycles. The van der Waals surface area contributed by atoms with Crippen molar-refractivity contribution in [3.63, 3.8) is 0 Å². The lowest BCUT2D eigenvalue weighted by Crippen LogP contribution is -2.39. The van der Waals surface area contributed by atoms with Crippen LogP contribution in [0.15, 0.2) is 24.3 Å². The number of para-hydroxylation sites is 2. The maximum atomic E-state index is 11.9. The lowest BCUT2D eigenvalue weighted by molar-refractivity contribution is -0.383. The van der Waals surface area contributed by atoms with E-state index in [1.807, 2.05) is 13.8 Å². The minimum Gasteiger partial charge on any atom is -0.395 e. The molecule has 1 aromatic carbocycles. The predicted molar refractivity (Wildman–Crippen MR) is 75.5 cm³/mol. The maximum absolute atomic E-state index is 11.9. The minimum absolute atomic E-state index is 0.0447. The highest BCUT2D eigenvalue weighted by atomic mass is 16.6. The van der Waals surface area contributed by atoms with E-state index in [1.165, 1.54) is 12.1 Å². The van der Waals surface area contributed by atoms with Crippen LogP contribution in [0, 0.1) is 10.1 Å². The molecule has 0 aliphatic carbocycles. The number of anilines is 1. The summed E-state index contributed by atoms with van der Waals surface area (Å²) in [7, 11) is 0. The third-order valence-corrected chi connectivity index (χ3v) is 2.84. The van der Waals surface area contributed by atoms with Gasteiger partial charge in [0, 0.05) is 18.7 Å². The molecule has 0 aliphatic heterocycles. The number of rotatable bonds is 7. The van der Waals surface area contributed by atoms with Gasteiger partial charge in [-0.2, -0.15) is 0 Å². The number of carbonyl (C=O) groups excluding carboxylic acids is 1. The average molecular weight is 281 g/mol. The molecular weight excluding hydrogens is 262 g/mol. The zero-order valence-electron chi connectivity index (χ0n) is 11.6. The molecule has 0 saturated heterocycles. The predicted octanol–water partition coefficient (Wildman–Crippen LogP) is 1.24. The van der Waals surface area contributed by atoms with Gasteiger partial charge in [0.15, 0.2) is 0 Å². The number of carbonyl (C=O) groups is 1. The Morgan fingerprint density at radius 1 is 1.45 bits per heavy atom. The highest BCUT2D eigenvalue weighted by Crippen LogP contribution is 2.22. The van der Waals surface area contributed by atoms with Crippen LogP contribution in [0.4, 0.5) is 11.4 Å². The number of aliphatic hydroxyl groups is 1. The Bertz CT molecular complexity index is 476. The summed E-state index contributed by atoms with van der Waals surface area (Å²) in [5.74, 6) is -0.346. The minimum atomic E-state index is -0.538. The summed E-state index contributed by atoms with van der Waals surface area (Å²) in [6.07, 6.45) is 0. The first kappa shape index (κ1) is 16.1. The van der Waals surface area contributed by atoms with Gasteiger partial charge in [-0.1, -0.05) is 12.1 Å². The van der Waals surface area contributed by atoms with Crippen molar-refractivity contribution in [2.75, 3.05) is 25.0 Å². The van der Waals surface area contributed by atoms with Crippen LogP contribution in [0.2, 0.25) is 0 Å². The first-order chi connectivity index (χ1) is 9.45. The van der Waals surface area contributed by atoms with E-state index in [0.717, 1.165) is 0 Å². The number of amides is 1. The van der Waals surface area contributed by atoms with Gasteiger partial charge in [0.1, 0.15) is 5.69 Å². The summed E-state index contributed by atoms with van der Waals surface area (Å²) in [6.45, 7) is 4.23. The van der Waals surface area contributed by atoms with E-state index < -0.39 is 4.92 Å². The van der Waals surface area contributed by atoms with E-state index in [0.29, 0.717) is 6.54 Å². The second-order valence-electron chi connectivity index (χ2n) is 4.61. The van der Waals surface area contributed by atoms with Gasteiger partial charge in [0.2, 0.25) is 5.91 Å². The number of nitro groups is 1. The second-order valence-corrected chi connectivity index (χ2v) is 4.61. The van der Waals surface area contributed by atoms with Crippen molar-refractivity contribution in [1.29, 1.82) is 0 Å². The smallest absolute Gasteiger partial charge is 0.292 e. The van der Waals surface area contributed by atoms with Crippen LogP contribution in [0.1, 0.15) is 13.8 Å². The maximum Gasteiger partial charge on any atom is 0.292 e. The van der Waals surface area contributed by atoms with E-state index in [9.17, 15) is 14.9 Å². The van der Waals surface area contributed by atoms with Crippen molar-refractivity contribution < 1.29 is 14.8 Å². The number of benzene rings is 1. The lowest BCUT2D eigenvalue weighted by atomic mass is 10.2. The monoisotopic (exact) mass is 281 g/mol. The van der Waals surface area contributed by atoms with E-state index >= 15 is 0 Å². The van der Waals surface area contributed by atoms with E-state index in [2.05, 4.69) is 5.32 Å². The van der Waals surface area contributed by atoms with Crippen LogP contribution in [-0.4, -0.2) is 46.6 Å². The van der Waals surface area contributed by atoms with Crippen LogP contribution >= 0.6 is 0 Å². The van der Waals surface area contributed by atoms with Gasteiger partial charge < -0.3 is 10.4 Å². The Morgan fingerprint density at radius 2 is 2.10 bits per heavy atom. The van der Waals surface area contributed by atoms with Crippen LogP contribution in [0.25, 0.3) is 0 Å². The molecule has 0 bridgehead atoms. The number of hydrogen-bond donors (Lipinski definition) is 2. The summed E-state index contributed by atoms with van der Waals surface area (Å²) in [5.41, 5.74) is 0.0364. The zero-order valence-corrected chi connectivity index (χ0v) is 11.6. The van der Waals surface area contributed by atoms with E-state index in [1.54, 1.807) is 17.0 Å². The van der Waals surface area contributed by atoms with Gasteiger partial charge in [-0.05, 0) is 19.9 Å². The fraction of sp³-hybridized carbons (Fsp3) is 0.462. The van der Waals surface area contributed by atoms with Crippen LogP contribution < -0.4 is 5.32 Å². The molecule has 0 aliphatic rings. The first-order valence-corrected chi connectivity index (χ1v) is 6.34. The van der Waals surface area contributed by atoms with Gasteiger partial charge in [-0.3, -0.25) is 19.8 Å². The van der Waals surface area contributed by atoms with Gasteiger partial charge in [-0.25, -0.2) is 0 Å². The van der Waals surface area contributed by atoms with Gasteiger partial charge in [0.25, 0.3) is 5.69 Å². The number of nitro benzene ring substituents is 1. The molecule has 0 unspecified atom stereocenters. The fourth-order valence-electron chi connectivity index (χ4n) is 1.76. The number of aliphatic hydroxyl groups excluding tert-OH is 1. The summed E-state index contributed by atoms with van der Waals surface area (Å²) < 4.78 is 0. The molecule has 0 atom stereocenters. The quantitative estimate of drug-likeness (QED) is 0.579. The number of nitrogens with one attached hydrogen (secondary N) is 1. The second kappa shape index (κ2) is 7.56. The number of nitrogens with zero attached hydrogens (tertiary/aromatic N) is 2. The van der Waals surface area contributed by atoms with Crippen molar-refractivity contribution in [3.05, 3.63) is 34.4 Å². The zero-order chi connectivity index (χ0) is 15.1. The van der Waals surface area contributed by atoms with Crippen molar-refractivity contribution in [1.82, 2.24) is 4.90 Å². The molecule has 20 heavy (non-hydrogen) atoms. The SMILES string of the molecule is CC(C)N(CCO)CC(=O)Nc1ccccc1[N+](=O)[O-]. The largest absolute Gasteiger partial charge is 0.395 e. The van der Waals surface area contributed by atoms with Crippen molar-refractivity contribution >= 4 is 17.3 Å². The Labute approximate surface area is 117 Å². The van der Waals surface area contributed by atoms with E-state index in [4.69, 9.17) is 5.11 Å². The first-order valence-electron chi connectivity index (χ1n) is 6.34. The Morgan fingerprint density at radius 3 is 2.65 bits per heavy atom. The molecule has 0 spiro atoms. The topological polar surface area (TPSA) is 95.7 Å². The molecule has 0 radical (unpaired) electrons. The Hall–Kier alpha value is -1.99. The normalized spacial score (nSPS) is 10.8. The van der Waals surface area contributed by atoms with E-state index in [-0.39, 0.29) is 36.5 Å². The van der Waals surface area contributed by atoms with Crippen LogP contribution in [0.3, 0.4) is 0 Å². The molecule has 2 N–H and O–H groups in total. The molecule has 110 valence electrons. The fourth-order valence-corrected chi connectivity index (χ4v) is 1.76. The third-order valence-electron chi connectivity index (χ3n) is 2.84. The molecule has 7 nitrogen and oxygen atoms in total. The highest BCUT2D eigenvalue weighted by Gasteiger charge is 2.17. The lowest BCUT2D eigenvalue weighted by Gasteiger charge is -2.24. The highest BCUT2D eigenvalue weighted by molar-refractivity contribution is 5.94. The van der Waals surface area contributed by atoms with Gasteiger partial charge >= 0.3 is 0 Å². The van der Waals surface area contributed by atoms with Crippen molar-refractivity contribution in [2.45, 2.75) is 19.9 Å². The number of hydrogen-bond acceptors (Lipinski definition) is 5. The molecule has 1 amide bonds. The molecule has 1 rings (SSSR count). The Kier molecular flexibility index (Phi) is 6.08. The molecule has 1 aromatic rings. The molecule has 0 fully saturated rings. The van der Waals surface area contributed by atoms with Crippen LogP contribution in [0.5, 0.6) is 0 Å². The third kappa shape index (κ3) is 4.60. The summed E-state index contributed by atoms with van der Waals surface area (Å²) in [4.78, 5) is 24.0. The van der Waals surface area contributed by atoms with Gasteiger partial charge in [-0.15, -0.1) is 0 Å². The van der Waals surface area contributed by atoms with Crippen LogP contribution in [-0.2, 0) is 4.79 Å². The molecular formula is C13H19N3O4. The summed E-state index contributed by atoms with van der Waals surface area (Å²) >= 11 is 0. The standard InChI is InChI=1S/C13H19N3O4/c1-10(2)15(7-8-17)9-13(18)14-11-5-3-4-6-12(11)16(19)20/h3-6,10,17H,7-9H2,1-2H3,(H,14,18). The summed E-state index contributed by atoms with van der Waals surface area (Å²) in [5, 5.41) is 22.3.